The van der Waals surface area contributed by atoms with Gasteiger partial charge >= 0.3 is 0 Å². The van der Waals surface area contributed by atoms with Crippen LogP contribution in [0, 0.1) is 5.92 Å². The molecule has 3 heterocycles. The first-order valence-electron chi connectivity index (χ1n) is 7.97. The smallest absolute Gasteiger partial charge is 0.272 e. The maximum Gasteiger partial charge on any atom is 0.272 e. The molecule has 0 aliphatic carbocycles. The maximum atomic E-state index is 12.7. The van der Waals surface area contributed by atoms with Crippen molar-refractivity contribution in [2.45, 2.75) is 20.3 Å². The van der Waals surface area contributed by atoms with Gasteiger partial charge in [-0.25, -0.2) is 5.10 Å². The molecular formula is C15H23N7O. The van der Waals surface area contributed by atoms with Crippen molar-refractivity contribution >= 4 is 11.9 Å². The Morgan fingerprint density at radius 3 is 2.65 bits per heavy atom. The van der Waals surface area contributed by atoms with Crippen LogP contribution in [0.15, 0.2) is 12.4 Å². The molecule has 8 heteroatoms. The maximum absolute atomic E-state index is 12.7. The molecule has 0 saturated carbocycles. The summed E-state index contributed by atoms with van der Waals surface area (Å²) in [7, 11) is 1.84. The van der Waals surface area contributed by atoms with Crippen molar-refractivity contribution in [3.63, 3.8) is 0 Å². The second-order valence-electron chi connectivity index (χ2n) is 6.33. The quantitative estimate of drug-likeness (QED) is 0.897. The van der Waals surface area contributed by atoms with E-state index in [0.29, 0.717) is 24.7 Å². The van der Waals surface area contributed by atoms with Crippen LogP contribution >= 0.6 is 0 Å². The van der Waals surface area contributed by atoms with E-state index in [1.807, 2.05) is 18.0 Å². The second kappa shape index (κ2) is 6.39. The van der Waals surface area contributed by atoms with Crippen LogP contribution in [-0.4, -0.2) is 61.9 Å². The average molecular weight is 317 g/mol. The highest BCUT2D eigenvalue weighted by Gasteiger charge is 2.25. The summed E-state index contributed by atoms with van der Waals surface area (Å²) < 4.78 is 1.70. The highest BCUT2D eigenvalue weighted by atomic mass is 16.2. The fourth-order valence-electron chi connectivity index (χ4n) is 2.88. The van der Waals surface area contributed by atoms with Crippen LogP contribution < -0.4 is 4.90 Å². The number of piperazine rings is 1. The SMILES string of the molecule is CC(C)Cc1cc(C(=O)N2CCN(c3ncn[nH]3)CC2)n(C)n1. The van der Waals surface area contributed by atoms with Crippen molar-refractivity contribution in [2.24, 2.45) is 13.0 Å². The van der Waals surface area contributed by atoms with Crippen molar-refractivity contribution in [1.82, 2.24) is 29.9 Å². The average Bonchev–Trinajstić information content (AvgIpc) is 3.16. The van der Waals surface area contributed by atoms with E-state index in [9.17, 15) is 4.79 Å². The van der Waals surface area contributed by atoms with Gasteiger partial charge in [-0.05, 0) is 18.4 Å². The first kappa shape index (κ1) is 15.5. The van der Waals surface area contributed by atoms with E-state index in [1.165, 1.54) is 6.33 Å². The van der Waals surface area contributed by atoms with Gasteiger partial charge in [-0.15, -0.1) is 0 Å². The molecule has 1 aliphatic heterocycles. The monoisotopic (exact) mass is 317 g/mol. The Morgan fingerprint density at radius 2 is 2.04 bits per heavy atom. The molecule has 124 valence electrons. The van der Waals surface area contributed by atoms with Gasteiger partial charge in [0.2, 0.25) is 5.95 Å². The lowest BCUT2D eigenvalue weighted by molar-refractivity contribution is 0.0735. The number of rotatable bonds is 4. The molecule has 0 spiro atoms. The number of aryl methyl sites for hydroxylation is 1. The molecule has 0 atom stereocenters. The van der Waals surface area contributed by atoms with Crippen LogP contribution in [0.25, 0.3) is 0 Å². The van der Waals surface area contributed by atoms with E-state index in [1.54, 1.807) is 4.68 Å². The molecule has 0 radical (unpaired) electrons. The van der Waals surface area contributed by atoms with Gasteiger partial charge in [-0.3, -0.25) is 9.48 Å². The molecule has 1 N–H and O–H groups in total. The Morgan fingerprint density at radius 1 is 1.30 bits per heavy atom. The van der Waals surface area contributed by atoms with Gasteiger partial charge < -0.3 is 9.80 Å². The van der Waals surface area contributed by atoms with Crippen LogP contribution in [0.1, 0.15) is 30.0 Å². The van der Waals surface area contributed by atoms with Gasteiger partial charge in [0.15, 0.2) is 0 Å². The fraction of sp³-hybridized carbons (Fsp3) is 0.600. The summed E-state index contributed by atoms with van der Waals surface area (Å²) in [5.41, 5.74) is 1.64. The summed E-state index contributed by atoms with van der Waals surface area (Å²) in [6.45, 7) is 7.14. The van der Waals surface area contributed by atoms with Gasteiger partial charge in [-0.2, -0.15) is 15.2 Å². The van der Waals surface area contributed by atoms with Gasteiger partial charge in [0.25, 0.3) is 5.91 Å². The van der Waals surface area contributed by atoms with Crippen LogP contribution in [0.4, 0.5) is 5.95 Å². The minimum absolute atomic E-state index is 0.0484. The van der Waals surface area contributed by atoms with Crippen LogP contribution in [-0.2, 0) is 13.5 Å². The van der Waals surface area contributed by atoms with Gasteiger partial charge in [-0.1, -0.05) is 13.8 Å². The third-order valence-corrected chi connectivity index (χ3v) is 4.04. The first-order chi connectivity index (χ1) is 11.0. The Kier molecular flexibility index (Phi) is 4.31. The number of aromatic nitrogens is 5. The van der Waals surface area contributed by atoms with E-state index in [4.69, 9.17) is 0 Å². The van der Waals surface area contributed by atoms with Crippen molar-refractivity contribution in [3.8, 4) is 0 Å². The number of anilines is 1. The number of amides is 1. The molecule has 1 amide bonds. The van der Waals surface area contributed by atoms with Gasteiger partial charge in [0.1, 0.15) is 12.0 Å². The Labute approximate surface area is 135 Å². The standard InChI is InChI=1S/C15H23N7O/c1-11(2)8-12-9-13(20(3)19-12)14(23)21-4-6-22(7-5-21)15-16-10-17-18-15/h9-11H,4-8H2,1-3H3,(H,16,17,18). The molecule has 0 bridgehead atoms. The lowest BCUT2D eigenvalue weighted by atomic mass is 10.1. The molecule has 1 fully saturated rings. The predicted molar refractivity (Wildman–Crippen MR) is 86.2 cm³/mol. The number of carbonyl (C=O) groups excluding carboxylic acids is 1. The van der Waals surface area contributed by atoms with Gasteiger partial charge in [0, 0.05) is 33.2 Å². The first-order valence-corrected chi connectivity index (χ1v) is 7.97. The lowest BCUT2D eigenvalue weighted by Crippen LogP contribution is -2.49. The zero-order valence-electron chi connectivity index (χ0n) is 13.9. The number of hydrogen-bond donors (Lipinski definition) is 1. The number of carbonyl (C=O) groups is 1. The van der Waals surface area contributed by atoms with Crippen molar-refractivity contribution in [3.05, 3.63) is 23.8 Å². The van der Waals surface area contributed by atoms with E-state index in [2.05, 4.69) is 39.0 Å². The molecule has 2 aromatic rings. The highest BCUT2D eigenvalue weighted by Crippen LogP contribution is 2.14. The van der Waals surface area contributed by atoms with Crippen molar-refractivity contribution in [1.29, 1.82) is 0 Å². The molecule has 1 aliphatic rings. The second-order valence-corrected chi connectivity index (χ2v) is 6.33. The molecular weight excluding hydrogens is 294 g/mol. The Bertz CT molecular complexity index is 653. The Hall–Kier alpha value is -2.38. The largest absolute Gasteiger partial charge is 0.338 e. The van der Waals surface area contributed by atoms with E-state index in [-0.39, 0.29) is 5.91 Å². The van der Waals surface area contributed by atoms with Gasteiger partial charge in [0.05, 0.1) is 5.69 Å². The molecule has 1 saturated heterocycles. The molecule has 3 rings (SSSR count). The van der Waals surface area contributed by atoms with Crippen LogP contribution in [0.5, 0.6) is 0 Å². The Balaban J connectivity index is 1.64. The fourth-order valence-corrected chi connectivity index (χ4v) is 2.88. The number of H-pyrrole nitrogens is 1. The molecule has 2 aromatic heterocycles. The number of aromatic amines is 1. The third-order valence-electron chi connectivity index (χ3n) is 4.04. The third kappa shape index (κ3) is 3.35. The topological polar surface area (TPSA) is 82.9 Å². The summed E-state index contributed by atoms with van der Waals surface area (Å²) in [5.74, 6) is 1.34. The summed E-state index contributed by atoms with van der Waals surface area (Å²) in [5, 5.41) is 11.2. The zero-order chi connectivity index (χ0) is 16.4. The lowest BCUT2D eigenvalue weighted by Gasteiger charge is -2.34. The number of hydrogen-bond acceptors (Lipinski definition) is 5. The van der Waals surface area contributed by atoms with E-state index < -0.39 is 0 Å². The summed E-state index contributed by atoms with van der Waals surface area (Å²) in [6, 6.07) is 1.92. The number of nitrogens with one attached hydrogen (secondary N) is 1. The van der Waals surface area contributed by atoms with Crippen LogP contribution in [0.2, 0.25) is 0 Å². The van der Waals surface area contributed by atoms with Crippen molar-refractivity contribution in [2.75, 3.05) is 31.1 Å². The summed E-state index contributed by atoms with van der Waals surface area (Å²) in [4.78, 5) is 20.9. The van der Waals surface area contributed by atoms with E-state index >= 15 is 0 Å². The molecule has 8 nitrogen and oxygen atoms in total. The summed E-state index contributed by atoms with van der Waals surface area (Å²) >= 11 is 0. The van der Waals surface area contributed by atoms with Crippen molar-refractivity contribution < 1.29 is 4.79 Å². The normalized spacial score (nSPS) is 15.5. The molecule has 0 aromatic carbocycles. The minimum Gasteiger partial charge on any atom is -0.338 e. The minimum atomic E-state index is 0.0484. The van der Waals surface area contributed by atoms with E-state index in [0.717, 1.165) is 31.2 Å². The summed E-state index contributed by atoms with van der Waals surface area (Å²) in [6.07, 6.45) is 2.39. The predicted octanol–water partition coefficient (Wildman–Crippen LogP) is 0.699. The zero-order valence-corrected chi connectivity index (χ0v) is 13.9. The van der Waals surface area contributed by atoms with Crippen LogP contribution in [0.3, 0.4) is 0 Å². The highest BCUT2D eigenvalue weighted by molar-refractivity contribution is 5.92. The molecule has 0 unspecified atom stereocenters. The molecule has 23 heavy (non-hydrogen) atoms. The number of nitrogens with zero attached hydrogens (tertiary/aromatic N) is 6.